The molecular weight excluding hydrogens is 431 g/mol. The van der Waals surface area contributed by atoms with Crippen molar-refractivity contribution in [3.63, 3.8) is 0 Å². The Morgan fingerprint density at radius 3 is 2.88 bits per heavy atom. The largest absolute Gasteiger partial charge is 0.489 e. The summed E-state index contributed by atoms with van der Waals surface area (Å²) in [7, 11) is 0. The maximum atomic E-state index is 14.2. The third-order valence-corrected chi connectivity index (χ3v) is 5.78. The highest BCUT2D eigenvalue weighted by Gasteiger charge is 2.21. The fourth-order valence-corrected chi connectivity index (χ4v) is 4.08. The number of nitrogens with zero attached hydrogens (tertiary/aromatic N) is 1. The van der Waals surface area contributed by atoms with Gasteiger partial charge in [-0.15, -0.1) is 0 Å². The van der Waals surface area contributed by atoms with Crippen molar-refractivity contribution in [1.29, 1.82) is 0 Å². The SMILES string of the molecule is O=C(Nc1ccc2c(c1)OCCN2Cc1c(F)cccc1Cl)Nc1c[nH]c2ccccc12. The summed E-state index contributed by atoms with van der Waals surface area (Å²) in [5.41, 5.74) is 3.49. The van der Waals surface area contributed by atoms with Crippen LogP contribution >= 0.6 is 11.6 Å². The molecule has 0 unspecified atom stereocenters. The predicted molar refractivity (Wildman–Crippen MR) is 125 cm³/mol. The fourth-order valence-electron chi connectivity index (χ4n) is 3.85. The molecule has 0 saturated carbocycles. The van der Waals surface area contributed by atoms with Gasteiger partial charge in [-0.25, -0.2) is 9.18 Å². The highest BCUT2D eigenvalue weighted by Crippen LogP contribution is 2.36. The van der Waals surface area contributed by atoms with Crippen LogP contribution < -0.4 is 20.3 Å². The lowest BCUT2D eigenvalue weighted by Gasteiger charge is -2.32. The van der Waals surface area contributed by atoms with Gasteiger partial charge in [0.05, 0.1) is 17.9 Å². The van der Waals surface area contributed by atoms with E-state index in [1.165, 1.54) is 6.07 Å². The number of halogens is 2. The minimum absolute atomic E-state index is 0.329. The first-order chi connectivity index (χ1) is 15.6. The summed E-state index contributed by atoms with van der Waals surface area (Å²) < 4.78 is 20.0. The van der Waals surface area contributed by atoms with E-state index in [0.29, 0.717) is 47.4 Å². The molecule has 5 rings (SSSR count). The van der Waals surface area contributed by atoms with Crippen LogP contribution in [0.25, 0.3) is 10.9 Å². The van der Waals surface area contributed by atoms with Gasteiger partial charge in [-0.3, -0.25) is 0 Å². The van der Waals surface area contributed by atoms with E-state index in [0.717, 1.165) is 16.6 Å². The fraction of sp³-hybridized carbons (Fsp3) is 0.125. The van der Waals surface area contributed by atoms with Crippen LogP contribution in [0.15, 0.2) is 66.9 Å². The van der Waals surface area contributed by atoms with Gasteiger partial charge < -0.3 is 25.3 Å². The van der Waals surface area contributed by atoms with E-state index in [9.17, 15) is 9.18 Å². The first-order valence-corrected chi connectivity index (χ1v) is 10.5. The van der Waals surface area contributed by atoms with Gasteiger partial charge in [-0.1, -0.05) is 35.9 Å². The van der Waals surface area contributed by atoms with Crippen LogP contribution in [0.4, 0.5) is 26.2 Å². The summed E-state index contributed by atoms with van der Waals surface area (Å²) in [5, 5.41) is 7.02. The number of fused-ring (bicyclic) bond motifs is 2. The van der Waals surface area contributed by atoms with Crippen LogP contribution in [0, 0.1) is 5.82 Å². The minimum atomic E-state index is -0.361. The van der Waals surface area contributed by atoms with E-state index in [2.05, 4.69) is 15.6 Å². The van der Waals surface area contributed by atoms with Crippen LogP contribution in [0.5, 0.6) is 5.75 Å². The zero-order chi connectivity index (χ0) is 22.1. The second kappa shape index (κ2) is 8.43. The van der Waals surface area contributed by atoms with Gasteiger partial charge in [-0.2, -0.15) is 0 Å². The first kappa shape index (κ1) is 20.2. The lowest BCUT2D eigenvalue weighted by molar-refractivity contribution is 0.262. The van der Waals surface area contributed by atoms with Crippen molar-refractivity contribution in [2.45, 2.75) is 6.54 Å². The lowest BCUT2D eigenvalue weighted by Crippen LogP contribution is -2.32. The Labute approximate surface area is 188 Å². The highest BCUT2D eigenvalue weighted by molar-refractivity contribution is 6.31. The van der Waals surface area contributed by atoms with E-state index >= 15 is 0 Å². The van der Waals surface area contributed by atoms with Crippen LogP contribution in [-0.4, -0.2) is 24.2 Å². The molecular formula is C24H20ClFN4O2. The molecule has 4 aromatic rings. The van der Waals surface area contributed by atoms with Gasteiger partial charge in [-0.05, 0) is 30.3 Å². The van der Waals surface area contributed by atoms with E-state index in [-0.39, 0.29) is 11.8 Å². The summed E-state index contributed by atoms with van der Waals surface area (Å²) >= 11 is 6.20. The number of rotatable bonds is 4. The number of aromatic nitrogens is 1. The highest BCUT2D eigenvalue weighted by atomic mass is 35.5. The molecule has 3 aromatic carbocycles. The molecule has 162 valence electrons. The number of amides is 2. The molecule has 3 N–H and O–H groups in total. The molecule has 1 aliphatic heterocycles. The molecule has 0 saturated heterocycles. The van der Waals surface area contributed by atoms with Gasteiger partial charge in [0.15, 0.2) is 0 Å². The van der Waals surface area contributed by atoms with E-state index in [1.54, 1.807) is 30.5 Å². The maximum absolute atomic E-state index is 14.2. The molecule has 32 heavy (non-hydrogen) atoms. The lowest BCUT2D eigenvalue weighted by atomic mass is 10.1. The average Bonchev–Trinajstić information content (AvgIpc) is 3.19. The number of benzene rings is 3. The number of ether oxygens (including phenoxy) is 1. The third-order valence-electron chi connectivity index (χ3n) is 5.43. The zero-order valence-electron chi connectivity index (χ0n) is 17.0. The summed E-state index contributed by atoms with van der Waals surface area (Å²) in [6.45, 7) is 1.38. The Kier molecular flexibility index (Phi) is 5.33. The van der Waals surface area contributed by atoms with Crippen molar-refractivity contribution in [3.05, 3.63) is 83.3 Å². The smallest absolute Gasteiger partial charge is 0.323 e. The van der Waals surface area contributed by atoms with Crippen molar-refractivity contribution in [1.82, 2.24) is 4.98 Å². The Hall–Kier alpha value is -3.71. The standard InChI is InChI=1S/C24H20ClFN4O2/c25-18-5-3-6-19(26)17(18)14-30-10-11-32-23-12-15(8-9-22(23)30)28-24(31)29-21-13-27-20-7-2-1-4-16(20)21/h1-9,12-13,27H,10-11,14H2,(H2,28,29,31). The molecule has 1 aliphatic rings. The van der Waals surface area contributed by atoms with Crippen molar-refractivity contribution in [2.75, 3.05) is 28.7 Å². The normalized spacial score (nSPS) is 12.9. The predicted octanol–water partition coefficient (Wildman–Crippen LogP) is 6.00. The van der Waals surface area contributed by atoms with Gasteiger partial charge in [0, 0.05) is 46.0 Å². The third kappa shape index (κ3) is 3.94. The number of carbonyl (C=O) groups is 1. The molecule has 0 fully saturated rings. The summed E-state index contributed by atoms with van der Waals surface area (Å²) in [4.78, 5) is 17.7. The van der Waals surface area contributed by atoms with E-state index in [4.69, 9.17) is 16.3 Å². The van der Waals surface area contributed by atoms with Crippen LogP contribution in [0.3, 0.4) is 0 Å². The molecule has 0 atom stereocenters. The molecule has 6 nitrogen and oxygen atoms in total. The summed E-state index contributed by atoms with van der Waals surface area (Å²) in [5.74, 6) is 0.284. The monoisotopic (exact) mass is 450 g/mol. The van der Waals surface area contributed by atoms with E-state index in [1.807, 2.05) is 35.2 Å². The van der Waals surface area contributed by atoms with Crippen LogP contribution in [0.1, 0.15) is 5.56 Å². The van der Waals surface area contributed by atoms with Gasteiger partial charge in [0.1, 0.15) is 18.2 Å². The number of para-hydroxylation sites is 1. The first-order valence-electron chi connectivity index (χ1n) is 10.2. The molecule has 2 amide bonds. The number of urea groups is 1. The minimum Gasteiger partial charge on any atom is -0.489 e. The Balaban J connectivity index is 1.31. The maximum Gasteiger partial charge on any atom is 0.323 e. The molecule has 0 radical (unpaired) electrons. The van der Waals surface area contributed by atoms with Gasteiger partial charge >= 0.3 is 6.03 Å². The van der Waals surface area contributed by atoms with Crippen LogP contribution in [-0.2, 0) is 6.54 Å². The topological polar surface area (TPSA) is 69.4 Å². The number of anilines is 3. The Bertz CT molecular complexity index is 1290. The molecule has 0 bridgehead atoms. The summed E-state index contributed by atoms with van der Waals surface area (Å²) in [6, 6.07) is 17.4. The van der Waals surface area contributed by atoms with Crippen LogP contribution in [0.2, 0.25) is 5.02 Å². The second-order valence-corrected chi connectivity index (χ2v) is 7.89. The number of hydrogen-bond acceptors (Lipinski definition) is 3. The van der Waals surface area contributed by atoms with Gasteiger partial charge in [0.2, 0.25) is 0 Å². The second-order valence-electron chi connectivity index (χ2n) is 7.48. The Morgan fingerprint density at radius 1 is 1.12 bits per heavy atom. The average molecular weight is 451 g/mol. The van der Waals surface area contributed by atoms with Crippen molar-refractivity contribution < 1.29 is 13.9 Å². The number of hydrogen-bond donors (Lipinski definition) is 3. The van der Waals surface area contributed by atoms with Crippen molar-refractivity contribution in [2.24, 2.45) is 0 Å². The van der Waals surface area contributed by atoms with Gasteiger partial charge in [0.25, 0.3) is 0 Å². The molecule has 2 heterocycles. The number of H-pyrrole nitrogens is 1. The summed E-state index contributed by atoms with van der Waals surface area (Å²) in [6.07, 6.45) is 1.76. The quantitative estimate of drug-likeness (QED) is 0.357. The molecule has 1 aromatic heterocycles. The number of aromatic amines is 1. The number of carbonyl (C=O) groups excluding carboxylic acids is 1. The van der Waals surface area contributed by atoms with Crippen molar-refractivity contribution in [3.8, 4) is 5.75 Å². The van der Waals surface area contributed by atoms with Crippen molar-refractivity contribution >= 4 is 45.6 Å². The Morgan fingerprint density at radius 2 is 2.00 bits per heavy atom. The molecule has 0 spiro atoms. The molecule has 0 aliphatic carbocycles. The zero-order valence-corrected chi connectivity index (χ0v) is 17.7. The number of nitrogens with one attached hydrogen (secondary N) is 3. The van der Waals surface area contributed by atoms with E-state index < -0.39 is 0 Å². The molecule has 8 heteroatoms.